The van der Waals surface area contributed by atoms with Gasteiger partial charge >= 0.3 is 0 Å². The Kier molecular flexibility index (Phi) is 29.9. The number of hydrogen-bond donors (Lipinski definition) is 0. The molecule has 0 spiro atoms. The van der Waals surface area contributed by atoms with E-state index in [4.69, 9.17) is 10.5 Å². The second kappa shape index (κ2) is 29.7. The average Bonchev–Trinajstić information content (AvgIpc) is 2.71. The van der Waals surface area contributed by atoms with Crippen LogP contribution in [0.1, 0.15) is 104 Å². The second-order valence-corrected chi connectivity index (χ2v) is 6.66. The third kappa shape index (κ3) is 31.7. The number of unbranched alkanes of at least 4 members (excludes halogenated alkanes) is 8. The van der Waals surface area contributed by atoms with E-state index in [9.17, 15) is 0 Å². The van der Waals surface area contributed by atoms with E-state index < -0.39 is 0 Å². The summed E-state index contributed by atoms with van der Waals surface area (Å²) in [5.74, 6) is 0. The van der Waals surface area contributed by atoms with Crippen LogP contribution < -0.4 is 0 Å². The third-order valence-electron chi connectivity index (χ3n) is 3.97. The van der Waals surface area contributed by atoms with Gasteiger partial charge in [-0.25, -0.2) is 0 Å². The van der Waals surface area contributed by atoms with Crippen LogP contribution in [0.4, 0.5) is 0 Å². The van der Waals surface area contributed by atoms with Gasteiger partial charge < -0.3 is 0 Å². The Bertz CT molecular complexity index is 438. The largest absolute Gasteiger partial charge is 0.198 e. The lowest BCUT2D eigenvalue weighted by molar-refractivity contribution is 0.759. The summed E-state index contributed by atoms with van der Waals surface area (Å²) in [5, 5.41) is 16.6. The van der Waals surface area contributed by atoms with Crippen molar-refractivity contribution in [2.24, 2.45) is 0 Å². The number of nitrogens with zero attached hydrogens (tertiary/aromatic N) is 2. The lowest BCUT2D eigenvalue weighted by Crippen LogP contribution is -1.72. The minimum atomic E-state index is 0.649. The fourth-order valence-corrected chi connectivity index (χ4v) is 2.38. The lowest BCUT2D eigenvalue weighted by atomic mass is 10.1. The molecular formula is C26H42N2. The van der Waals surface area contributed by atoms with Crippen LogP contribution in [0, 0.1) is 22.7 Å². The van der Waals surface area contributed by atoms with Gasteiger partial charge in [-0.1, -0.05) is 62.5 Å². The zero-order chi connectivity index (χ0) is 21.0. The van der Waals surface area contributed by atoms with E-state index in [1.807, 2.05) is 0 Å². The van der Waals surface area contributed by atoms with Crippen LogP contribution in [0.5, 0.6) is 0 Å². The fraction of sp³-hybridized carbons (Fsp3) is 0.615. The van der Waals surface area contributed by atoms with Crippen LogP contribution in [0.2, 0.25) is 0 Å². The standard InChI is InChI=1S/2C13H21N/c2*1-2-3-4-5-6-7-8-9-10-11-12-13-14/h2*3-4,9-10H,2,5-8,11-12H2,1H3/b4-3+,10-9+;4-3-,10-9-. The van der Waals surface area contributed by atoms with Crippen molar-refractivity contribution in [3.8, 4) is 12.1 Å². The number of nitriles is 2. The van der Waals surface area contributed by atoms with Crippen molar-refractivity contribution < 1.29 is 0 Å². The van der Waals surface area contributed by atoms with Gasteiger partial charge in [0.05, 0.1) is 12.1 Å². The molecule has 0 saturated heterocycles. The summed E-state index contributed by atoms with van der Waals surface area (Å²) >= 11 is 0. The summed E-state index contributed by atoms with van der Waals surface area (Å²) in [6.45, 7) is 4.32. The molecule has 0 amide bonds. The minimum absolute atomic E-state index is 0.649. The van der Waals surface area contributed by atoms with Gasteiger partial charge in [0.1, 0.15) is 0 Å². The van der Waals surface area contributed by atoms with Gasteiger partial charge in [-0.2, -0.15) is 10.5 Å². The normalized spacial score (nSPS) is 11.1. The predicted molar refractivity (Wildman–Crippen MR) is 124 cm³/mol. The first kappa shape index (κ1) is 28.2. The van der Waals surface area contributed by atoms with Crippen LogP contribution in [0.3, 0.4) is 0 Å². The summed E-state index contributed by atoms with van der Waals surface area (Å²) in [5.41, 5.74) is 0. The van der Waals surface area contributed by atoms with Crippen LogP contribution in [0.15, 0.2) is 48.6 Å². The predicted octanol–water partition coefficient (Wildman–Crippen LogP) is 8.75. The summed E-state index contributed by atoms with van der Waals surface area (Å²) in [6.07, 6.45) is 32.8. The molecule has 2 nitrogen and oxygen atoms in total. The SMILES string of the molecule is CC/C=C/CCCC/C=C/CCC#N.CC/C=C\CCCC/C=C\CCC#N. The highest BCUT2D eigenvalue weighted by atomic mass is 14.2. The Morgan fingerprint density at radius 3 is 1.04 bits per heavy atom. The fourth-order valence-electron chi connectivity index (χ4n) is 2.38. The van der Waals surface area contributed by atoms with Crippen molar-refractivity contribution in [1.82, 2.24) is 0 Å². The maximum absolute atomic E-state index is 8.30. The monoisotopic (exact) mass is 382 g/mol. The Hall–Kier alpha value is -2.06. The summed E-state index contributed by atoms with van der Waals surface area (Å²) in [7, 11) is 0. The number of rotatable bonds is 16. The van der Waals surface area contributed by atoms with Crippen LogP contribution >= 0.6 is 0 Å². The van der Waals surface area contributed by atoms with E-state index in [1.54, 1.807) is 0 Å². The smallest absolute Gasteiger partial charge is 0.0624 e. The lowest BCUT2D eigenvalue weighted by Gasteiger charge is -1.92. The molecule has 0 bridgehead atoms. The number of allylic oxidation sites excluding steroid dienone is 8. The van der Waals surface area contributed by atoms with Gasteiger partial charge in [0.2, 0.25) is 0 Å². The van der Waals surface area contributed by atoms with Gasteiger partial charge in [0.15, 0.2) is 0 Å². The van der Waals surface area contributed by atoms with Crippen LogP contribution in [-0.2, 0) is 0 Å². The first-order valence-corrected chi connectivity index (χ1v) is 11.2. The van der Waals surface area contributed by atoms with Gasteiger partial charge in [0.25, 0.3) is 0 Å². The molecule has 0 unspecified atom stereocenters. The average molecular weight is 383 g/mol. The first-order chi connectivity index (χ1) is 13.8. The van der Waals surface area contributed by atoms with Crippen LogP contribution in [-0.4, -0.2) is 0 Å². The molecule has 0 aromatic carbocycles. The van der Waals surface area contributed by atoms with Crippen molar-refractivity contribution in [2.75, 3.05) is 0 Å². The molecule has 0 fully saturated rings. The maximum Gasteiger partial charge on any atom is 0.0624 e. The molecule has 0 N–H and O–H groups in total. The van der Waals surface area contributed by atoms with E-state index in [0.717, 1.165) is 38.5 Å². The molecular weight excluding hydrogens is 340 g/mol. The summed E-state index contributed by atoms with van der Waals surface area (Å²) in [6, 6.07) is 4.27. The summed E-state index contributed by atoms with van der Waals surface area (Å²) in [4.78, 5) is 0. The molecule has 28 heavy (non-hydrogen) atoms. The van der Waals surface area contributed by atoms with Gasteiger partial charge in [-0.05, 0) is 77.0 Å². The highest BCUT2D eigenvalue weighted by Gasteiger charge is 1.84. The Balaban J connectivity index is 0. The van der Waals surface area contributed by atoms with E-state index in [0.29, 0.717) is 12.8 Å². The zero-order valence-corrected chi connectivity index (χ0v) is 18.4. The van der Waals surface area contributed by atoms with Crippen molar-refractivity contribution in [1.29, 1.82) is 10.5 Å². The van der Waals surface area contributed by atoms with Crippen LogP contribution in [0.25, 0.3) is 0 Å². The molecule has 0 heterocycles. The molecule has 0 atom stereocenters. The number of hydrogen-bond acceptors (Lipinski definition) is 2. The molecule has 0 aliphatic heterocycles. The van der Waals surface area contributed by atoms with E-state index in [2.05, 4.69) is 74.6 Å². The Morgan fingerprint density at radius 2 is 0.750 bits per heavy atom. The van der Waals surface area contributed by atoms with E-state index in [-0.39, 0.29) is 0 Å². The Morgan fingerprint density at radius 1 is 0.464 bits per heavy atom. The quantitative estimate of drug-likeness (QED) is 0.198. The molecule has 0 rings (SSSR count). The minimum Gasteiger partial charge on any atom is -0.198 e. The van der Waals surface area contributed by atoms with Crippen molar-refractivity contribution in [3.05, 3.63) is 48.6 Å². The molecule has 0 aliphatic rings. The topological polar surface area (TPSA) is 47.6 Å². The highest BCUT2D eigenvalue weighted by molar-refractivity contribution is 4.87. The van der Waals surface area contributed by atoms with E-state index in [1.165, 1.54) is 38.5 Å². The summed E-state index contributed by atoms with van der Waals surface area (Å²) < 4.78 is 0. The molecule has 0 aromatic heterocycles. The van der Waals surface area contributed by atoms with Crippen molar-refractivity contribution in [3.63, 3.8) is 0 Å². The Labute approximate surface area is 175 Å². The first-order valence-electron chi connectivity index (χ1n) is 11.2. The maximum atomic E-state index is 8.30. The van der Waals surface area contributed by atoms with Crippen molar-refractivity contribution >= 4 is 0 Å². The van der Waals surface area contributed by atoms with Crippen molar-refractivity contribution in [2.45, 2.75) is 104 Å². The molecule has 0 aliphatic carbocycles. The molecule has 0 radical (unpaired) electrons. The van der Waals surface area contributed by atoms with Gasteiger partial charge in [-0.3, -0.25) is 0 Å². The van der Waals surface area contributed by atoms with E-state index >= 15 is 0 Å². The molecule has 0 saturated carbocycles. The highest BCUT2D eigenvalue weighted by Crippen LogP contribution is 2.03. The molecule has 2 heteroatoms. The molecule has 156 valence electrons. The second-order valence-electron chi connectivity index (χ2n) is 6.66. The molecule has 0 aromatic rings. The third-order valence-corrected chi connectivity index (χ3v) is 3.97. The zero-order valence-electron chi connectivity index (χ0n) is 18.4. The van der Waals surface area contributed by atoms with Gasteiger partial charge in [-0.15, -0.1) is 0 Å². The van der Waals surface area contributed by atoms with Gasteiger partial charge in [0, 0.05) is 12.8 Å².